The Hall–Kier alpha value is 0.270. The first kappa shape index (κ1) is 22.6. The SMILES string of the molecule is CCNC(=NCC1(N2CCSCC2)CCCC1)NCC1(C)CCCO1.I. The van der Waals surface area contributed by atoms with Crippen LogP contribution in [0.2, 0.25) is 0 Å². The topological polar surface area (TPSA) is 48.9 Å². The third kappa shape index (κ3) is 5.88. The Bertz CT molecular complexity index is 445. The van der Waals surface area contributed by atoms with Gasteiger partial charge in [-0.3, -0.25) is 9.89 Å². The number of ether oxygens (including phenoxy) is 1. The summed E-state index contributed by atoms with van der Waals surface area (Å²) >= 11 is 2.09. The van der Waals surface area contributed by atoms with Gasteiger partial charge in [0.05, 0.1) is 12.1 Å². The van der Waals surface area contributed by atoms with Crippen LogP contribution in [-0.2, 0) is 4.74 Å². The van der Waals surface area contributed by atoms with Crippen LogP contribution in [0.15, 0.2) is 4.99 Å². The van der Waals surface area contributed by atoms with Crippen molar-refractivity contribution >= 4 is 41.7 Å². The summed E-state index contributed by atoms with van der Waals surface area (Å²) < 4.78 is 5.91. The molecule has 2 saturated heterocycles. The van der Waals surface area contributed by atoms with Crippen LogP contribution in [0.3, 0.4) is 0 Å². The van der Waals surface area contributed by atoms with Crippen molar-refractivity contribution in [3.8, 4) is 0 Å². The van der Waals surface area contributed by atoms with Crippen molar-refractivity contribution in [2.45, 2.75) is 63.5 Å². The van der Waals surface area contributed by atoms with Gasteiger partial charge >= 0.3 is 0 Å². The lowest BCUT2D eigenvalue weighted by atomic mass is 9.95. The number of nitrogens with zero attached hydrogens (tertiary/aromatic N) is 2. The molecule has 0 aromatic rings. The monoisotopic (exact) mass is 496 g/mol. The van der Waals surface area contributed by atoms with E-state index in [1.807, 2.05) is 0 Å². The molecule has 1 unspecified atom stereocenters. The fraction of sp³-hybridized carbons (Fsp3) is 0.947. The number of thioether (sulfide) groups is 1. The maximum Gasteiger partial charge on any atom is 0.191 e. The summed E-state index contributed by atoms with van der Waals surface area (Å²) in [6, 6.07) is 0. The lowest BCUT2D eigenvalue weighted by molar-refractivity contribution is 0.0242. The molecule has 1 atom stereocenters. The molecule has 2 aliphatic heterocycles. The van der Waals surface area contributed by atoms with E-state index in [9.17, 15) is 0 Å². The summed E-state index contributed by atoms with van der Waals surface area (Å²) in [5.74, 6) is 3.51. The predicted molar refractivity (Wildman–Crippen MR) is 123 cm³/mol. The second-order valence-electron chi connectivity index (χ2n) is 7.98. The second-order valence-corrected chi connectivity index (χ2v) is 9.21. The summed E-state index contributed by atoms with van der Waals surface area (Å²) in [5.41, 5.74) is 0.266. The van der Waals surface area contributed by atoms with Gasteiger partial charge in [-0.15, -0.1) is 24.0 Å². The van der Waals surface area contributed by atoms with E-state index >= 15 is 0 Å². The van der Waals surface area contributed by atoms with Crippen LogP contribution in [0.25, 0.3) is 0 Å². The molecule has 3 aliphatic rings. The largest absolute Gasteiger partial charge is 0.373 e. The van der Waals surface area contributed by atoms with Crippen LogP contribution < -0.4 is 10.6 Å². The standard InChI is InChI=1S/C19H36N4OS.HI/c1-3-20-17(21-15-18(2)7-6-12-24-18)22-16-19(8-4-5-9-19)23-10-13-25-14-11-23;/h3-16H2,1-2H3,(H2,20,21,22);1H. The molecular formula is C19H37IN4OS. The van der Waals surface area contributed by atoms with Crippen molar-refractivity contribution in [1.82, 2.24) is 15.5 Å². The first-order chi connectivity index (χ1) is 12.2. The fourth-order valence-corrected chi connectivity index (χ4v) is 5.36. The van der Waals surface area contributed by atoms with Gasteiger partial charge in [-0.25, -0.2) is 0 Å². The molecule has 5 nitrogen and oxygen atoms in total. The molecule has 7 heteroatoms. The number of nitrogens with one attached hydrogen (secondary N) is 2. The highest BCUT2D eigenvalue weighted by molar-refractivity contribution is 14.0. The maximum atomic E-state index is 5.91. The minimum Gasteiger partial charge on any atom is -0.373 e. The van der Waals surface area contributed by atoms with E-state index in [4.69, 9.17) is 9.73 Å². The second kappa shape index (κ2) is 10.7. The summed E-state index contributed by atoms with van der Waals surface area (Å²) in [7, 11) is 0. The Morgan fingerprint density at radius 2 is 1.85 bits per heavy atom. The highest BCUT2D eigenvalue weighted by atomic mass is 127. The molecule has 0 radical (unpaired) electrons. The Labute approximate surface area is 180 Å². The van der Waals surface area contributed by atoms with E-state index in [1.54, 1.807) is 0 Å². The molecule has 0 spiro atoms. The molecule has 2 N–H and O–H groups in total. The number of guanidine groups is 1. The third-order valence-corrected chi connectivity index (χ3v) is 6.96. The van der Waals surface area contributed by atoms with Crippen LogP contribution in [0.4, 0.5) is 0 Å². The number of hydrogen-bond acceptors (Lipinski definition) is 4. The van der Waals surface area contributed by atoms with E-state index in [0.29, 0.717) is 5.54 Å². The van der Waals surface area contributed by atoms with Gasteiger partial charge in [0.1, 0.15) is 0 Å². The van der Waals surface area contributed by atoms with Gasteiger partial charge in [-0.05, 0) is 39.5 Å². The predicted octanol–water partition coefficient (Wildman–Crippen LogP) is 3.09. The van der Waals surface area contributed by atoms with E-state index in [2.05, 4.69) is 41.1 Å². The van der Waals surface area contributed by atoms with Gasteiger partial charge in [0.25, 0.3) is 0 Å². The average molecular weight is 497 g/mol. The number of aliphatic imine (C=N–C) groups is 1. The number of halogens is 1. The van der Waals surface area contributed by atoms with Crippen LogP contribution in [0, 0.1) is 0 Å². The normalized spacial score (nSPS) is 29.4. The van der Waals surface area contributed by atoms with E-state index in [0.717, 1.165) is 38.6 Å². The van der Waals surface area contributed by atoms with Gasteiger partial charge in [-0.2, -0.15) is 11.8 Å². The zero-order chi connectivity index (χ0) is 17.6. The minimum atomic E-state index is -0.0364. The lowest BCUT2D eigenvalue weighted by Gasteiger charge is -2.42. The summed E-state index contributed by atoms with van der Waals surface area (Å²) in [6.07, 6.45) is 7.63. The zero-order valence-corrected chi connectivity index (χ0v) is 19.7. The highest BCUT2D eigenvalue weighted by Crippen LogP contribution is 2.37. The lowest BCUT2D eigenvalue weighted by Crippen LogP contribution is -2.53. The summed E-state index contributed by atoms with van der Waals surface area (Å²) in [4.78, 5) is 7.77. The van der Waals surface area contributed by atoms with Gasteiger partial charge < -0.3 is 15.4 Å². The van der Waals surface area contributed by atoms with E-state index < -0.39 is 0 Å². The Kier molecular flexibility index (Phi) is 9.30. The first-order valence-electron chi connectivity index (χ1n) is 10.1. The van der Waals surface area contributed by atoms with Crippen LogP contribution in [0.1, 0.15) is 52.4 Å². The van der Waals surface area contributed by atoms with Crippen molar-refractivity contribution < 1.29 is 4.74 Å². The van der Waals surface area contributed by atoms with Crippen LogP contribution in [0.5, 0.6) is 0 Å². The van der Waals surface area contributed by atoms with Gasteiger partial charge in [0.15, 0.2) is 5.96 Å². The smallest absolute Gasteiger partial charge is 0.191 e. The van der Waals surface area contributed by atoms with Gasteiger partial charge in [0.2, 0.25) is 0 Å². The quantitative estimate of drug-likeness (QED) is 0.336. The van der Waals surface area contributed by atoms with Crippen LogP contribution in [-0.4, -0.2) is 72.8 Å². The fourth-order valence-electron chi connectivity index (χ4n) is 4.46. The van der Waals surface area contributed by atoms with Crippen molar-refractivity contribution in [3.05, 3.63) is 0 Å². The van der Waals surface area contributed by atoms with Crippen molar-refractivity contribution in [2.24, 2.45) is 4.99 Å². The van der Waals surface area contributed by atoms with E-state index in [1.165, 1.54) is 56.7 Å². The van der Waals surface area contributed by atoms with Crippen molar-refractivity contribution in [3.63, 3.8) is 0 Å². The minimum absolute atomic E-state index is 0. The molecule has 3 fully saturated rings. The molecular weight excluding hydrogens is 459 g/mol. The molecule has 2 heterocycles. The molecule has 3 rings (SSSR count). The van der Waals surface area contributed by atoms with Gasteiger partial charge in [-0.1, -0.05) is 12.8 Å². The van der Waals surface area contributed by atoms with Crippen molar-refractivity contribution in [1.29, 1.82) is 0 Å². The molecule has 152 valence electrons. The van der Waals surface area contributed by atoms with Crippen LogP contribution >= 0.6 is 35.7 Å². The third-order valence-electron chi connectivity index (χ3n) is 6.02. The van der Waals surface area contributed by atoms with Crippen molar-refractivity contribution in [2.75, 3.05) is 50.8 Å². The molecule has 1 aliphatic carbocycles. The molecule has 0 amide bonds. The molecule has 26 heavy (non-hydrogen) atoms. The first-order valence-corrected chi connectivity index (χ1v) is 11.3. The number of hydrogen-bond donors (Lipinski definition) is 2. The Morgan fingerprint density at radius 1 is 1.12 bits per heavy atom. The van der Waals surface area contributed by atoms with Gasteiger partial charge in [0, 0.05) is 49.8 Å². The molecule has 0 aromatic carbocycles. The Balaban J connectivity index is 0.00000243. The highest BCUT2D eigenvalue weighted by Gasteiger charge is 2.40. The summed E-state index contributed by atoms with van der Waals surface area (Å²) in [6.45, 7) is 10.4. The zero-order valence-electron chi connectivity index (χ0n) is 16.5. The summed E-state index contributed by atoms with van der Waals surface area (Å²) in [5, 5.41) is 6.97. The van der Waals surface area contributed by atoms with E-state index in [-0.39, 0.29) is 29.6 Å². The number of rotatable bonds is 6. The molecule has 1 saturated carbocycles. The average Bonchev–Trinajstić information content (AvgIpc) is 3.29. The maximum absolute atomic E-state index is 5.91. The molecule has 0 aromatic heterocycles. The molecule has 0 bridgehead atoms. The Morgan fingerprint density at radius 3 is 2.46 bits per heavy atom.